The summed E-state index contributed by atoms with van der Waals surface area (Å²) in [5.74, 6) is -1.38. The molecular weight excluding hydrogens is 296 g/mol. The first-order chi connectivity index (χ1) is 8.49. The fourth-order valence-electron chi connectivity index (χ4n) is 1.66. The maximum absolute atomic E-state index is 12.0. The Morgan fingerprint density at radius 1 is 1.11 bits per heavy atom. The Balaban J connectivity index is 2.91. The average molecular weight is 311 g/mol. The highest BCUT2D eigenvalue weighted by Gasteiger charge is 2.19. The maximum atomic E-state index is 12.0. The van der Waals surface area contributed by atoms with Crippen LogP contribution >= 0.6 is 15.9 Å². The van der Waals surface area contributed by atoms with Gasteiger partial charge in [-0.05, 0) is 24.1 Å². The van der Waals surface area contributed by atoms with Crippen LogP contribution in [0.15, 0.2) is 22.7 Å². The highest BCUT2D eigenvalue weighted by molar-refractivity contribution is 9.10. The standard InChI is InChI=1S/C14H15BrO3/c1-3-9-7-10(15)5-6-11(9)13(17)8-14(18)12(16)4-2/h5-7H,3-4,8H2,1-2H3. The zero-order valence-corrected chi connectivity index (χ0v) is 12.0. The molecule has 0 aliphatic carbocycles. The van der Waals surface area contributed by atoms with E-state index in [1.807, 2.05) is 13.0 Å². The molecule has 4 heteroatoms. The molecule has 3 nitrogen and oxygen atoms in total. The van der Waals surface area contributed by atoms with Crippen LogP contribution in [0.3, 0.4) is 0 Å². The summed E-state index contributed by atoms with van der Waals surface area (Å²) < 4.78 is 0.895. The molecule has 0 atom stereocenters. The summed E-state index contributed by atoms with van der Waals surface area (Å²) in [7, 11) is 0. The summed E-state index contributed by atoms with van der Waals surface area (Å²) in [6.07, 6.45) is 0.519. The summed E-state index contributed by atoms with van der Waals surface area (Å²) in [5, 5.41) is 0. The lowest BCUT2D eigenvalue weighted by Gasteiger charge is -2.06. The van der Waals surface area contributed by atoms with Gasteiger partial charge in [-0.25, -0.2) is 0 Å². The molecule has 0 saturated heterocycles. The minimum Gasteiger partial charge on any atom is -0.294 e. The van der Waals surface area contributed by atoms with E-state index >= 15 is 0 Å². The van der Waals surface area contributed by atoms with Crippen molar-refractivity contribution in [3.05, 3.63) is 33.8 Å². The smallest absolute Gasteiger partial charge is 0.206 e. The first kappa shape index (κ1) is 14.8. The van der Waals surface area contributed by atoms with Gasteiger partial charge in [0.15, 0.2) is 11.6 Å². The number of ketones is 3. The zero-order chi connectivity index (χ0) is 13.7. The number of rotatable bonds is 6. The van der Waals surface area contributed by atoms with Crippen molar-refractivity contribution in [2.75, 3.05) is 0 Å². The normalized spacial score (nSPS) is 10.2. The molecule has 96 valence electrons. The van der Waals surface area contributed by atoms with Crippen LogP contribution in [0.4, 0.5) is 0 Å². The number of carbonyl (C=O) groups excluding carboxylic acids is 3. The second-order valence-corrected chi connectivity index (χ2v) is 4.87. The number of benzene rings is 1. The molecule has 0 N–H and O–H groups in total. The van der Waals surface area contributed by atoms with Gasteiger partial charge >= 0.3 is 0 Å². The average Bonchev–Trinajstić information content (AvgIpc) is 2.37. The highest BCUT2D eigenvalue weighted by atomic mass is 79.9. The van der Waals surface area contributed by atoms with Crippen LogP contribution in [0, 0.1) is 0 Å². The van der Waals surface area contributed by atoms with Gasteiger partial charge in [0.2, 0.25) is 5.78 Å². The minimum atomic E-state index is -0.604. The van der Waals surface area contributed by atoms with Gasteiger partial charge in [0, 0.05) is 16.5 Å². The lowest BCUT2D eigenvalue weighted by atomic mass is 9.97. The Morgan fingerprint density at radius 3 is 2.33 bits per heavy atom. The van der Waals surface area contributed by atoms with Crippen molar-refractivity contribution in [1.29, 1.82) is 0 Å². The SMILES string of the molecule is CCC(=O)C(=O)CC(=O)c1ccc(Br)cc1CC. The van der Waals surface area contributed by atoms with Crippen LogP contribution in [0.2, 0.25) is 0 Å². The van der Waals surface area contributed by atoms with Gasteiger partial charge in [0.25, 0.3) is 0 Å². The Morgan fingerprint density at radius 2 is 1.78 bits per heavy atom. The van der Waals surface area contributed by atoms with Gasteiger partial charge in [-0.2, -0.15) is 0 Å². The summed E-state index contributed by atoms with van der Waals surface area (Å²) in [4.78, 5) is 34.6. The first-order valence-corrected chi connectivity index (χ1v) is 6.66. The van der Waals surface area contributed by atoms with E-state index in [1.165, 1.54) is 0 Å². The summed E-state index contributed by atoms with van der Waals surface area (Å²) >= 11 is 3.34. The molecule has 0 spiro atoms. The third kappa shape index (κ3) is 3.60. The molecule has 0 fully saturated rings. The fourth-order valence-corrected chi connectivity index (χ4v) is 2.07. The quantitative estimate of drug-likeness (QED) is 0.461. The Labute approximate surface area is 115 Å². The van der Waals surface area contributed by atoms with Gasteiger partial charge in [0.05, 0.1) is 6.42 Å². The van der Waals surface area contributed by atoms with E-state index < -0.39 is 11.6 Å². The van der Waals surface area contributed by atoms with Crippen molar-refractivity contribution in [1.82, 2.24) is 0 Å². The van der Waals surface area contributed by atoms with Crippen LogP contribution in [-0.4, -0.2) is 17.3 Å². The Kier molecular flexibility index (Phi) is 5.41. The summed E-state index contributed by atoms with van der Waals surface area (Å²) in [6, 6.07) is 5.31. The third-order valence-corrected chi connectivity index (χ3v) is 3.20. The number of hydrogen-bond donors (Lipinski definition) is 0. The molecule has 0 bridgehead atoms. The number of halogens is 1. The second kappa shape index (κ2) is 6.59. The molecule has 0 aliphatic heterocycles. The predicted octanol–water partition coefficient (Wildman–Crippen LogP) is 3.13. The van der Waals surface area contributed by atoms with Crippen molar-refractivity contribution in [2.45, 2.75) is 33.1 Å². The van der Waals surface area contributed by atoms with E-state index in [1.54, 1.807) is 19.1 Å². The molecular formula is C14H15BrO3. The topological polar surface area (TPSA) is 51.2 Å². The monoisotopic (exact) mass is 310 g/mol. The lowest BCUT2D eigenvalue weighted by molar-refractivity contribution is -0.135. The molecule has 0 amide bonds. The van der Waals surface area contributed by atoms with Crippen molar-refractivity contribution >= 4 is 33.3 Å². The van der Waals surface area contributed by atoms with E-state index in [4.69, 9.17) is 0 Å². The Bertz CT molecular complexity index is 492. The lowest BCUT2D eigenvalue weighted by Crippen LogP contribution is -2.17. The number of Topliss-reactive ketones (excluding diaryl/α,β-unsaturated/α-hetero) is 3. The van der Waals surface area contributed by atoms with Crippen LogP contribution in [0.5, 0.6) is 0 Å². The number of carbonyl (C=O) groups is 3. The molecule has 1 aromatic carbocycles. The van der Waals surface area contributed by atoms with E-state index in [2.05, 4.69) is 15.9 Å². The predicted molar refractivity (Wildman–Crippen MR) is 72.8 cm³/mol. The van der Waals surface area contributed by atoms with Crippen LogP contribution in [0.25, 0.3) is 0 Å². The molecule has 18 heavy (non-hydrogen) atoms. The molecule has 0 aliphatic rings. The van der Waals surface area contributed by atoms with Gasteiger partial charge in [0.1, 0.15) is 0 Å². The van der Waals surface area contributed by atoms with Crippen LogP contribution < -0.4 is 0 Å². The minimum absolute atomic E-state index is 0.146. The van der Waals surface area contributed by atoms with Crippen molar-refractivity contribution in [3.8, 4) is 0 Å². The van der Waals surface area contributed by atoms with E-state index in [9.17, 15) is 14.4 Å². The number of hydrogen-bond acceptors (Lipinski definition) is 3. The third-order valence-electron chi connectivity index (χ3n) is 2.70. The van der Waals surface area contributed by atoms with Crippen LogP contribution in [0.1, 0.15) is 42.6 Å². The zero-order valence-electron chi connectivity index (χ0n) is 10.5. The molecule has 1 aromatic rings. The summed E-state index contributed by atoms with van der Waals surface area (Å²) in [5.41, 5.74) is 1.41. The van der Waals surface area contributed by atoms with Gasteiger partial charge < -0.3 is 0 Å². The number of aryl methyl sites for hydroxylation is 1. The largest absolute Gasteiger partial charge is 0.294 e. The van der Waals surface area contributed by atoms with E-state index in [0.29, 0.717) is 12.0 Å². The van der Waals surface area contributed by atoms with Gasteiger partial charge in [-0.3, -0.25) is 14.4 Å². The fraction of sp³-hybridized carbons (Fsp3) is 0.357. The van der Waals surface area contributed by atoms with Crippen LogP contribution in [-0.2, 0) is 16.0 Å². The van der Waals surface area contributed by atoms with Crippen molar-refractivity contribution in [2.24, 2.45) is 0 Å². The van der Waals surface area contributed by atoms with E-state index in [0.717, 1.165) is 10.0 Å². The van der Waals surface area contributed by atoms with Crippen molar-refractivity contribution in [3.63, 3.8) is 0 Å². The highest BCUT2D eigenvalue weighted by Crippen LogP contribution is 2.19. The molecule has 0 saturated carbocycles. The maximum Gasteiger partial charge on any atom is 0.206 e. The second-order valence-electron chi connectivity index (χ2n) is 3.95. The first-order valence-electron chi connectivity index (χ1n) is 5.87. The molecule has 0 heterocycles. The van der Waals surface area contributed by atoms with Gasteiger partial charge in [-0.1, -0.05) is 35.8 Å². The Hall–Kier alpha value is -1.29. The van der Waals surface area contributed by atoms with Gasteiger partial charge in [-0.15, -0.1) is 0 Å². The molecule has 0 radical (unpaired) electrons. The summed E-state index contributed by atoms with van der Waals surface area (Å²) in [6.45, 7) is 3.55. The molecule has 0 aromatic heterocycles. The van der Waals surface area contributed by atoms with E-state index in [-0.39, 0.29) is 18.6 Å². The van der Waals surface area contributed by atoms with Crippen molar-refractivity contribution < 1.29 is 14.4 Å². The molecule has 1 rings (SSSR count). The molecule has 0 unspecified atom stereocenters.